The molecule has 0 saturated heterocycles. The molecule has 1 fully saturated rings. The first-order valence-electron chi connectivity index (χ1n) is 6.59. The predicted molar refractivity (Wildman–Crippen MR) is 75.2 cm³/mol. The molecule has 0 bridgehead atoms. The average molecular weight is 243 g/mol. The zero-order valence-electron chi connectivity index (χ0n) is 11.2. The highest BCUT2D eigenvalue weighted by atomic mass is 14.9. The molecule has 1 saturated carbocycles. The van der Waals surface area contributed by atoms with E-state index < -0.39 is 0 Å². The topological polar surface area (TPSA) is 61.8 Å². The zero-order chi connectivity index (χ0) is 13.2. The summed E-state index contributed by atoms with van der Waals surface area (Å²) >= 11 is 0. The summed E-state index contributed by atoms with van der Waals surface area (Å²) in [6.07, 6.45) is 5.07. The van der Waals surface area contributed by atoms with Crippen molar-refractivity contribution >= 4 is 11.4 Å². The Kier molecular flexibility index (Phi) is 3.47. The summed E-state index contributed by atoms with van der Waals surface area (Å²) in [6, 6.07) is 8.17. The van der Waals surface area contributed by atoms with Crippen molar-refractivity contribution in [2.45, 2.75) is 45.6 Å². The molecule has 0 amide bonds. The predicted octanol–water partition coefficient (Wildman–Crippen LogP) is 3.52. The van der Waals surface area contributed by atoms with E-state index in [1.807, 2.05) is 12.1 Å². The van der Waals surface area contributed by atoms with Crippen molar-refractivity contribution in [2.75, 3.05) is 11.1 Å². The molecule has 0 aromatic heterocycles. The third-order valence-corrected chi connectivity index (χ3v) is 4.02. The van der Waals surface area contributed by atoms with Crippen LogP contribution in [0, 0.1) is 16.7 Å². The number of anilines is 2. The van der Waals surface area contributed by atoms with Gasteiger partial charge in [0.1, 0.15) is 6.07 Å². The van der Waals surface area contributed by atoms with Gasteiger partial charge < -0.3 is 11.1 Å². The number of hydrogen-bond acceptors (Lipinski definition) is 3. The highest BCUT2D eigenvalue weighted by Crippen LogP contribution is 2.37. The minimum atomic E-state index is 0.320. The number of benzene rings is 1. The molecule has 3 heteroatoms. The highest BCUT2D eigenvalue weighted by Gasteiger charge is 2.31. The quantitative estimate of drug-likeness (QED) is 0.781. The van der Waals surface area contributed by atoms with E-state index in [4.69, 9.17) is 11.0 Å². The molecule has 3 N–H and O–H groups in total. The molecule has 0 radical (unpaired) electrons. The molecule has 96 valence electrons. The molecule has 1 unspecified atom stereocenters. The Morgan fingerprint density at radius 2 is 2.17 bits per heavy atom. The summed E-state index contributed by atoms with van der Waals surface area (Å²) in [7, 11) is 0. The molecular formula is C15H21N3. The summed E-state index contributed by atoms with van der Waals surface area (Å²) < 4.78 is 0. The Morgan fingerprint density at radius 1 is 1.39 bits per heavy atom. The highest BCUT2D eigenvalue weighted by molar-refractivity contribution is 5.63. The maximum Gasteiger partial charge on any atom is 0.101 e. The van der Waals surface area contributed by atoms with Crippen LogP contribution >= 0.6 is 0 Å². The maximum absolute atomic E-state index is 8.86. The molecule has 1 aromatic rings. The normalized spacial score (nSPS) is 22.2. The molecule has 0 spiro atoms. The van der Waals surface area contributed by atoms with Gasteiger partial charge in [0, 0.05) is 11.7 Å². The monoisotopic (exact) mass is 243 g/mol. The smallest absolute Gasteiger partial charge is 0.101 e. The second kappa shape index (κ2) is 4.89. The van der Waals surface area contributed by atoms with Crippen LogP contribution in [0.25, 0.3) is 0 Å². The molecule has 0 heterocycles. The van der Waals surface area contributed by atoms with Crippen LogP contribution in [0.2, 0.25) is 0 Å². The van der Waals surface area contributed by atoms with Crippen LogP contribution in [0.1, 0.15) is 45.1 Å². The Bertz CT molecular complexity index is 471. The van der Waals surface area contributed by atoms with Gasteiger partial charge in [-0.15, -0.1) is 0 Å². The van der Waals surface area contributed by atoms with Gasteiger partial charge in [0.05, 0.1) is 11.3 Å². The second-order valence-corrected chi connectivity index (χ2v) is 5.85. The van der Waals surface area contributed by atoms with Crippen molar-refractivity contribution < 1.29 is 0 Å². The number of hydrogen-bond donors (Lipinski definition) is 2. The summed E-state index contributed by atoms with van der Waals surface area (Å²) in [4.78, 5) is 0. The van der Waals surface area contributed by atoms with Crippen molar-refractivity contribution in [3.8, 4) is 6.07 Å². The first-order valence-corrected chi connectivity index (χ1v) is 6.59. The Morgan fingerprint density at radius 3 is 2.78 bits per heavy atom. The number of nitrogens with zero attached hydrogens (tertiary/aromatic N) is 1. The van der Waals surface area contributed by atoms with Crippen molar-refractivity contribution in [3.63, 3.8) is 0 Å². The lowest BCUT2D eigenvalue weighted by molar-refractivity contribution is 0.217. The fourth-order valence-corrected chi connectivity index (χ4v) is 2.72. The number of nitrogens with two attached hydrogens (primary N) is 1. The minimum absolute atomic E-state index is 0.320. The van der Waals surface area contributed by atoms with Gasteiger partial charge in [-0.05, 0) is 36.5 Å². The van der Waals surface area contributed by atoms with Crippen molar-refractivity contribution in [3.05, 3.63) is 23.8 Å². The standard InChI is InChI=1S/C15H21N3/c1-15(2)8-4-3-5-14(15)18-12-7-6-11(10-16)13(17)9-12/h6-7,9,14,18H,3-5,8,17H2,1-2H3. The Labute approximate surface area is 109 Å². The van der Waals surface area contributed by atoms with Gasteiger partial charge in [0.25, 0.3) is 0 Å². The van der Waals surface area contributed by atoms with E-state index in [1.165, 1.54) is 25.7 Å². The van der Waals surface area contributed by atoms with Gasteiger partial charge in [-0.1, -0.05) is 26.7 Å². The lowest BCUT2D eigenvalue weighted by Gasteiger charge is -2.39. The van der Waals surface area contributed by atoms with Gasteiger partial charge in [-0.2, -0.15) is 5.26 Å². The first kappa shape index (κ1) is 12.8. The van der Waals surface area contributed by atoms with Gasteiger partial charge in [-0.25, -0.2) is 0 Å². The molecule has 0 aliphatic heterocycles. The van der Waals surface area contributed by atoms with Crippen LogP contribution < -0.4 is 11.1 Å². The third-order valence-electron chi connectivity index (χ3n) is 4.02. The van der Waals surface area contributed by atoms with Crippen LogP contribution in [0.3, 0.4) is 0 Å². The third kappa shape index (κ3) is 2.59. The van der Waals surface area contributed by atoms with Gasteiger partial charge in [-0.3, -0.25) is 0 Å². The van der Waals surface area contributed by atoms with Gasteiger partial charge >= 0.3 is 0 Å². The van der Waals surface area contributed by atoms with Crippen LogP contribution in [0.5, 0.6) is 0 Å². The molecule has 1 aliphatic rings. The van der Waals surface area contributed by atoms with Crippen LogP contribution in [0.4, 0.5) is 11.4 Å². The Hall–Kier alpha value is -1.69. The van der Waals surface area contributed by atoms with Gasteiger partial charge in [0.15, 0.2) is 0 Å². The molecule has 1 atom stereocenters. The molecular weight excluding hydrogens is 222 g/mol. The van der Waals surface area contributed by atoms with E-state index in [0.717, 1.165) is 5.69 Å². The van der Waals surface area contributed by atoms with Crippen molar-refractivity contribution in [1.82, 2.24) is 0 Å². The van der Waals surface area contributed by atoms with Crippen molar-refractivity contribution in [1.29, 1.82) is 5.26 Å². The summed E-state index contributed by atoms with van der Waals surface area (Å²) in [6.45, 7) is 4.63. The van der Waals surface area contributed by atoms with E-state index in [-0.39, 0.29) is 0 Å². The van der Waals surface area contributed by atoms with E-state index in [2.05, 4.69) is 25.2 Å². The van der Waals surface area contributed by atoms with E-state index in [9.17, 15) is 0 Å². The van der Waals surface area contributed by atoms with Crippen LogP contribution in [-0.2, 0) is 0 Å². The Balaban J connectivity index is 2.14. The average Bonchev–Trinajstić information content (AvgIpc) is 2.32. The van der Waals surface area contributed by atoms with Crippen LogP contribution in [-0.4, -0.2) is 6.04 Å². The number of nitrogens with one attached hydrogen (secondary N) is 1. The van der Waals surface area contributed by atoms with Crippen LogP contribution in [0.15, 0.2) is 18.2 Å². The molecule has 3 nitrogen and oxygen atoms in total. The summed E-state index contributed by atoms with van der Waals surface area (Å²) in [5, 5.41) is 12.4. The van der Waals surface area contributed by atoms with E-state index >= 15 is 0 Å². The SMILES string of the molecule is CC1(C)CCCCC1Nc1ccc(C#N)c(N)c1. The van der Waals surface area contributed by atoms with E-state index in [0.29, 0.717) is 22.7 Å². The lowest BCUT2D eigenvalue weighted by atomic mass is 9.73. The molecule has 18 heavy (non-hydrogen) atoms. The number of nitrogen functional groups attached to an aromatic ring is 1. The zero-order valence-corrected chi connectivity index (χ0v) is 11.2. The maximum atomic E-state index is 8.86. The number of nitriles is 1. The second-order valence-electron chi connectivity index (χ2n) is 5.85. The largest absolute Gasteiger partial charge is 0.398 e. The minimum Gasteiger partial charge on any atom is -0.398 e. The van der Waals surface area contributed by atoms with E-state index in [1.54, 1.807) is 6.07 Å². The molecule has 2 rings (SSSR count). The fraction of sp³-hybridized carbons (Fsp3) is 0.533. The fourth-order valence-electron chi connectivity index (χ4n) is 2.72. The first-order chi connectivity index (χ1) is 8.53. The molecule has 1 aromatic carbocycles. The summed E-state index contributed by atoms with van der Waals surface area (Å²) in [5.41, 5.74) is 8.28. The summed E-state index contributed by atoms with van der Waals surface area (Å²) in [5.74, 6) is 0. The van der Waals surface area contributed by atoms with Crippen molar-refractivity contribution in [2.24, 2.45) is 5.41 Å². The van der Waals surface area contributed by atoms with Gasteiger partial charge in [0.2, 0.25) is 0 Å². The molecule has 1 aliphatic carbocycles. The lowest BCUT2D eigenvalue weighted by Crippen LogP contribution is -2.38. The number of rotatable bonds is 2.